The molecule has 0 bridgehead atoms. The summed E-state index contributed by atoms with van der Waals surface area (Å²) in [6.45, 7) is 5.75. The van der Waals surface area contributed by atoms with Crippen LogP contribution in [0.1, 0.15) is 36.5 Å². The number of fused-ring (bicyclic) bond motifs is 1. The Kier molecular flexibility index (Phi) is 10.5. The average molecular weight is 738 g/mol. The van der Waals surface area contributed by atoms with Gasteiger partial charge in [-0.1, -0.05) is 49.2 Å². The van der Waals surface area contributed by atoms with E-state index in [0.717, 1.165) is 22.4 Å². The summed E-state index contributed by atoms with van der Waals surface area (Å²) in [5, 5.41) is 8.48. The second-order valence-electron chi connectivity index (χ2n) is 10.8. The molecule has 1 aromatic heterocycles. The van der Waals surface area contributed by atoms with Crippen molar-refractivity contribution >= 4 is 67.8 Å². The molecule has 0 unspecified atom stereocenters. The van der Waals surface area contributed by atoms with E-state index in [1.807, 2.05) is 25.1 Å². The minimum atomic E-state index is -0.405. The van der Waals surface area contributed by atoms with Gasteiger partial charge in [-0.05, 0) is 94.5 Å². The summed E-state index contributed by atoms with van der Waals surface area (Å²) < 4.78 is 18.7. The van der Waals surface area contributed by atoms with E-state index in [1.54, 1.807) is 55.6 Å². The van der Waals surface area contributed by atoms with Crippen molar-refractivity contribution in [2.24, 2.45) is 5.10 Å². The summed E-state index contributed by atoms with van der Waals surface area (Å²) in [5.41, 5.74) is 3.84. The van der Waals surface area contributed by atoms with Crippen molar-refractivity contribution in [2.75, 3.05) is 26.1 Å². The number of hydrogen-bond acceptors (Lipinski definition) is 7. The number of amides is 1. The Labute approximate surface area is 290 Å². The lowest BCUT2D eigenvalue weighted by Crippen LogP contribution is -2.21. The van der Waals surface area contributed by atoms with Crippen LogP contribution in [0.3, 0.4) is 0 Å². The van der Waals surface area contributed by atoms with Gasteiger partial charge >= 0.3 is 0 Å². The maximum Gasteiger partial charge on any atom is 0.282 e. The topological polar surface area (TPSA) is 104 Å². The number of para-hydroxylation sites is 1. The Hall–Kier alpha value is -4.38. The number of halogens is 3. The van der Waals surface area contributed by atoms with Crippen LogP contribution in [0.4, 0.5) is 5.69 Å². The zero-order chi connectivity index (χ0) is 33.8. The number of methoxy groups -OCH3 is 2. The van der Waals surface area contributed by atoms with Gasteiger partial charge in [-0.2, -0.15) is 9.78 Å². The second-order valence-corrected chi connectivity index (χ2v) is 12.5. The molecular formula is C35H31BrCl2N4O5. The quantitative estimate of drug-likeness (QED) is 0.144. The summed E-state index contributed by atoms with van der Waals surface area (Å²) in [4.78, 5) is 31.3. The number of rotatable bonds is 10. The maximum absolute atomic E-state index is 13.9. The van der Waals surface area contributed by atoms with Crippen molar-refractivity contribution < 1.29 is 19.0 Å². The van der Waals surface area contributed by atoms with Crippen molar-refractivity contribution in [1.29, 1.82) is 0 Å². The number of carbonyl (C=O) groups excluding carboxylic acids is 1. The number of nitrogens with zero attached hydrogens (tertiary/aromatic N) is 3. The van der Waals surface area contributed by atoms with Gasteiger partial charge in [0.25, 0.3) is 11.5 Å². The van der Waals surface area contributed by atoms with Crippen LogP contribution in [0, 0.1) is 6.92 Å². The molecule has 242 valence electrons. The van der Waals surface area contributed by atoms with E-state index >= 15 is 0 Å². The summed E-state index contributed by atoms with van der Waals surface area (Å²) in [5.74, 6) is 1.30. The first-order chi connectivity index (χ1) is 22.5. The molecular weight excluding hydrogens is 707 g/mol. The first-order valence-electron chi connectivity index (χ1n) is 14.5. The number of ether oxygens (including phenoxy) is 3. The number of nitrogens with one attached hydrogen (secondary N) is 1. The Morgan fingerprint density at radius 1 is 1.04 bits per heavy atom. The van der Waals surface area contributed by atoms with E-state index < -0.39 is 5.91 Å². The van der Waals surface area contributed by atoms with Crippen LogP contribution >= 0.6 is 39.1 Å². The van der Waals surface area contributed by atoms with Crippen LogP contribution in [0.15, 0.2) is 81.1 Å². The molecule has 47 heavy (non-hydrogen) atoms. The van der Waals surface area contributed by atoms with Gasteiger partial charge < -0.3 is 19.5 Å². The van der Waals surface area contributed by atoms with Crippen molar-refractivity contribution in [3.63, 3.8) is 0 Å². The molecule has 0 spiro atoms. The molecule has 0 aliphatic carbocycles. The third-order valence-corrected chi connectivity index (χ3v) is 9.05. The molecule has 0 atom stereocenters. The van der Waals surface area contributed by atoms with Crippen LogP contribution < -0.4 is 25.1 Å². The first kappa shape index (κ1) is 34.0. The van der Waals surface area contributed by atoms with Gasteiger partial charge in [0.2, 0.25) is 0 Å². The van der Waals surface area contributed by atoms with E-state index in [1.165, 1.54) is 18.0 Å². The smallest absolute Gasteiger partial charge is 0.282 e. The third-order valence-electron chi connectivity index (χ3n) is 7.36. The number of anilines is 1. The molecule has 1 heterocycles. The fourth-order valence-electron chi connectivity index (χ4n) is 4.94. The zero-order valence-corrected chi connectivity index (χ0v) is 29.3. The van der Waals surface area contributed by atoms with E-state index in [9.17, 15) is 9.59 Å². The fourth-order valence-corrected chi connectivity index (χ4v) is 5.72. The molecule has 5 rings (SSSR count). The third kappa shape index (κ3) is 7.30. The minimum Gasteiger partial charge on any atom is -0.496 e. The molecule has 0 aliphatic rings. The molecule has 0 saturated heterocycles. The highest BCUT2D eigenvalue weighted by Gasteiger charge is 2.21. The lowest BCUT2D eigenvalue weighted by atomic mass is 9.96. The van der Waals surface area contributed by atoms with Crippen molar-refractivity contribution in [3.8, 4) is 28.6 Å². The van der Waals surface area contributed by atoms with Crippen LogP contribution in [0.2, 0.25) is 10.0 Å². The van der Waals surface area contributed by atoms with E-state index in [0.29, 0.717) is 37.5 Å². The lowest BCUT2D eigenvalue weighted by Gasteiger charge is -2.17. The molecule has 4 aromatic carbocycles. The number of carbonyl (C=O) groups is 1. The molecule has 0 saturated carbocycles. The maximum atomic E-state index is 13.9. The molecule has 1 amide bonds. The molecule has 12 heteroatoms. The Bertz CT molecular complexity index is 2060. The van der Waals surface area contributed by atoms with Crippen molar-refractivity contribution in [1.82, 2.24) is 9.66 Å². The van der Waals surface area contributed by atoms with Crippen molar-refractivity contribution in [2.45, 2.75) is 26.7 Å². The summed E-state index contributed by atoms with van der Waals surface area (Å²) in [6.07, 6.45) is 1.49. The predicted molar refractivity (Wildman–Crippen MR) is 191 cm³/mol. The highest BCUT2D eigenvalue weighted by molar-refractivity contribution is 9.10. The number of benzene rings is 4. The number of aryl methyl sites for hydroxylation is 1. The van der Waals surface area contributed by atoms with Gasteiger partial charge in [0.05, 0.1) is 31.3 Å². The van der Waals surface area contributed by atoms with Crippen LogP contribution in [-0.2, 0) is 4.79 Å². The minimum absolute atomic E-state index is 0.155. The highest BCUT2D eigenvalue weighted by Crippen LogP contribution is 2.42. The van der Waals surface area contributed by atoms with Gasteiger partial charge in [-0.15, -0.1) is 0 Å². The standard InChI is InChI=1S/C35H31BrCl2N4O5/c1-19(2)25-16-26(20(3)14-28(25)45-4)34-41-27-9-7-6-8-24(27)35(44)42(34)39-17-21-15-29(46-5)33(32(38)31(21)36)47-18-30(43)40-23-12-10-22(37)11-13-23/h6-17,19H,18H2,1-5H3,(H,40,43). The Morgan fingerprint density at radius 3 is 2.43 bits per heavy atom. The molecule has 0 fully saturated rings. The zero-order valence-electron chi connectivity index (χ0n) is 26.2. The molecule has 5 aromatic rings. The van der Waals surface area contributed by atoms with Crippen LogP contribution in [0.5, 0.6) is 17.2 Å². The normalized spacial score (nSPS) is 11.3. The van der Waals surface area contributed by atoms with Gasteiger partial charge in [0.15, 0.2) is 23.9 Å². The summed E-state index contributed by atoms with van der Waals surface area (Å²) in [7, 11) is 3.09. The van der Waals surface area contributed by atoms with Gasteiger partial charge in [0.1, 0.15) is 10.8 Å². The monoisotopic (exact) mass is 736 g/mol. The fraction of sp³-hybridized carbons (Fsp3) is 0.200. The average Bonchev–Trinajstić information content (AvgIpc) is 3.06. The predicted octanol–water partition coefficient (Wildman–Crippen LogP) is 8.48. The van der Waals surface area contributed by atoms with Gasteiger partial charge in [0, 0.05) is 26.3 Å². The first-order valence-corrected chi connectivity index (χ1v) is 16.1. The van der Waals surface area contributed by atoms with E-state index in [2.05, 4.69) is 40.2 Å². The number of hydrogen-bond donors (Lipinski definition) is 1. The Morgan fingerprint density at radius 2 is 1.74 bits per heavy atom. The SMILES string of the molecule is COc1cc(C)c(-c2nc3ccccc3c(=O)n2N=Cc2cc(OC)c(OCC(=O)Nc3ccc(Cl)cc3)c(Cl)c2Br)cc1C(C)C. The van der Waals surface area contributed by atoms with Gasteiger partial charge in [-0.25, -0.2) is 4.98 Å². The number of aromatic nitrogens is 2. The summed E-state index contributed by atoms with van der Waals surface area (Å²) in [6, 6.07) is 19.4. The summed E-state index contributed by atoms with van der Waals surface area (Å²) >= 11 is 16.1. The van der Waals surface area contributed by atoms with Gasteiger partial charge in [-0.3, -0.25) is 9.59 Å². The van der Waals surface area contributed by atoms with E-state index in [-0.39, 0.29) is 34.6 Å². The largest absolute Gasteiger partial charge is 0.496 e. The second kappa shape index (κ2) is 14.6. The molecule has 9 nitrogen and oxygen atoms in total. The van der Waals surface area contributed by atoms with Crippen LogP contribution in [-0.4, -0.2) is 42.6 Å². The Balaban J connectivity index is 1.54. The van der Waals surface area contributed by atoms with E-state index in [4.69, 9.17) is 42.4 Å². The molecule has 0 aliphatic heterocycles. The highest BCUT2D eigenvalue weighted by atomic mass is 79.9. The van der Waals surface area contributed by atoms with Crippen molar-refractivity contribution in [3.05, 3.63) is 108 Å². The molecule has 1 N–H and O–H groups in total. The lowest BCUT2D eigenvalue weighted by molar-refractivity contribution is -0.118. The van der Waals surface area contributed by atoms with Crippen LogP contribution in [0.25, 0.3) is 22.3 Å². The molecule has 0 radical (unpaired) electrons.